The van der Waals surface area contributed by atoms with Gasteiger partial charge >= 0.3 is 0 Å². The van der Waals surface area contributed by atoms with Gasteiger partial charge in [0.05, 0.1) is 6.26 Å². The summed E-state index contributed by atoms with van der Waals surface area (Å²) in [5, 5.41) is 12.6. The normalized spacial score (nSPS) is 13.8. The van der Waals surface area contributed by atoms with Crippen LogP contribution in [0.5, 0.6) is 0 Å². The zero-order valence-electron chi connectivity index (χ0n) is 14.7. The standard InChI is InChI=1S/C20H20N4O3/c25-19(14-5-2-6-14)22-15-7-1-4-13(10-15)12-21-20(26)17-11-16(23-24-17)18-8-3-9-27-18/h1,3-4,7-11,14H,2,5-6,12H2,(H,21,26)(H,22,25)(H,23,24). The Morgan fingerprint density at radius 1 is 1.19 bits per heavy atom. The van der Waals surface area contributed by atoms with Crippen LogP contribution in [-0.4, -0.2) is 22.0 Å². The predicted molar refractivity (Wildman–Crippen MR) is 99.9 cm³/mol. The molecule has 1 aromatic carbocycles. The lowest BCUT2D eigenvalue weighted by Crippen LogP contribution is -2.28. The fourth-order valence-electron chi connectivity index (χ4n) is 2.94. The molecule has 1 aliphatic rings. The molecule has 2 aromatic heterocycles. The lowest BCUT2D eigenvalue weighted by Gasteiger charge is -2.24. The highest BCUT2D eigenvalue weighted by atomic mass is 16.3. The Bertz CT molecular complexity index is 942. The molecule has 2 amide bonds. The van der Waals surface area contributed by atoms with Crippen molar-refractivity contribution >= 4 is 17.5 Å². The molecule has 27 heavy (non-hydrogen) atoms. The molecular weight excluding hydrogens is 344 g/mol. The van der Waals surface area contributed by atoms with Gasteiger partial charge < -0.3 is 15.1 Å². The second kappa shape index (κ2) is 7.49. The first-order valence-corrected chi connectivity index (χ1v) is 8.96. The zero-order chi connectivity index (χ0) is 18.6. The van der Waals surface area contributed by atoms with Crippen molar-refractivity contribution in [3.63, 3.8) is 0 Å². The number of amides is 2. The second-order valence-corrected chi connectivity index (χ2v) is 6.64. The minimum absolute atomic E-state index is 0.0735. The smallest absolute Gasteiger partial charge is 0.272 e. The molecule has 1 aliphatic carbocycles. The van der Waals surface area contributed by atoms with Crippen LogP contribution in [0.15, 0.2) is 53.1 Å². The Labute approximate surface area is 156 Å². The number of hydrogen-bond donors (Lipinski definition) is 3. The molecule has 7 nitrogen and oxygen atoms in total. The van der Waals surface area contributed by atoms with Crippen LogP contribution >= 0.6 is 0 Å². The van der Waals surface area contributed by atoms with Crippen molar-refractivity contribution in [3.8, 4) is 11.5 Å². The number of nitrogens with one attached hydrogen (secondary N) is 3. The van der Waals surface area contributed by atoms with Gasteiger partial charge in [-0.1, -0.05) is 18.6 Å². The van der Waals surface area contributed by atoms with Crippen LogP contribution in [0.3, 0.4) is 0 Å². The third-order valence-electron chi connectivity index (χ3n) is 4.72. The van der Waals surface area contributed by atoms with Gasteiger partial charge in [-0.3, -0.25) is 14.7 Å². The average Bonchev–Trinajstić information content (AvgIpc) is 3.29. The first kappa shape index (κ1) is 17.1. The number of anilines is 1. The molecule has 1 fully saturated rings. The quantitative estimate of drug-likeness (QED) is 0.624. The van der Waals surface area contributed by atoms with Gasteiger partial charge in [0.15, 0.2) is 11.5 Å². The van der Waals surface area contributed by atoms with Gasteiger partial charge in [0.25, 0.3) is 5.91 Å². The lowest BCUT2D eigenvalue weighted by atomic mass is 9.85. The number of H-pyrrole nitrogens is 1. The minimum atomic E-state index is -0.284. The van der Waals surface area contributed by atoms with E-state index in [0.717, 1.165) is 30.5 Å². The molecule has 0 unspecified atom stereocenters. The molecule has 3 aromatic rings. The van der Waals surface area contributed by atoms with Gasteiger partial charge in [-0.25, -0.2) is 0 Å². The Hall–Kier alpha value is -3.35. The summed E-state index contributed by atoms with van der Waals surface area (Å²) in [6, 6.07) is 12.7. The monoisotopic (exact) mass is 364 g/mol. The van der Waals surface area contributed by atoms with Gasteiger partial charge in [-0.05, 0) is 42.7 Å². The molecule has 2 heterocycles. The number of rotatable bonds is 6. The number of benzene rings is 1. The van der Waals surface area contributed by atoms with Crippen LogP contribution in [0.1, 0.15) is 35.3 Å². The van der Waals surface area contributed by atoms with E-state index in [-0.39, 0.29) is 23.4 Å². The van der Waals surface area contributed by atoms with Crippen molar-refractivity contribution in [3.05, 3.63) is 60.0 Å². The summed E-state index contributed by atoms with van der Waals surface area (Å²) in [5.41, 5.74) is 2.58. The molecule has 4 rings (SSSR count). The third kappa shape index (κ3) is 3.92. The van der Waals surface area contributed by atoms with E-state index in [1.54, 1.807) is 24.5 Å². The lowest BCUT2D eigenvalue weighted by molar-refractivity contribution is -0.122. The molecule has 1 saturated carbocycles. The molecule has 0 saturated heterocycles. The topological polar surface area (TPSA) is 100 Å². The third-order valence-corrected chi connectivity index (χ3v) is 4.72. The number of hydrogen-bond acceptors (Lipinski definition) is 4. The number of furan rings is 1. The van der Waals surface area contributed by atoms with Crippen LogP contribution in [0.25, 0.3) is 11.5 Å². The number of nitrogens with zero attached hydrogens (tertiary/aromatic N) is 1. The van der Waals surface area contributed by atoms with E-state index >= 15 is 0 Å². The van der Waals surface area contributed by atoms with E-state index in [9.17, 15) is 9.59 Å². The molecule has 3 N–H and O–H groups in total. The average molecular weight is 364 g/mol. The molecule has 0 spiro atoms. The molecule has 0 aliphatic heterocycles. The largest absolute Gasteiger partial charge is 0.463 e. The maximum atomic E-state index is 12.3. The number of carbonyl (C=O) groups excluding carboxylic acids is 2. The first-order chi connectivity index (χ1) is 13.2. The van der Waals surface area contributed by atoms with Crippen LogP contribution in [0, 0.1) is 5.92 Å². The van der Waals surface area contributed by atoms with E-state index in [0.29, 0.717) is 18.0 Å². The van der Waals surface area contributed by atoms with Crippen molar-refractivity contribution in [2.45, 2.75) is 25.8 Å². The maximum Gasteiger partial charge on any atom is 0.272 e. The maximum absolute atomic E-state index is 12.3. The molecular formula is C20H20N4O3. The van der Waals surface area contributed by atoms with Crippen LogP contribution in [0.2, 0.25) is 0 Å². The summed E-state index contributed by atoms with van der Waals surface area (Å²) in [6.45, 7) is 0.342. The minimum Gasteiger partial charge on any atom is -0.463 e. The molecule has 0 bridgehead atoms. The van der Waals surface area contributed by atoms with Gasteiger partial charge in [-0.2, -0.15) is 5.10 Å². The van der Waals surface area contributed by atoms with Gasteiger partial charge in [-0.15, -0.1) is 0 Å². The molecule has 0 atom stereocenters. The summed E-state index contributed by atoms with van der Waals surface area (Å²) >= 11 is 0. The summed E-state index contributed by atoms with van der Waals surface area (Å²) < 4.78 is 5.28. The van der Waals surface area contributed by atoms with E-state index in [1.165, 1.54) is 0 Å². The van der Waals surface area contributed by atoms with Crippen LogP contribution in [0.4, 0.5) is 5.69 Å². The summed E-state index contributed by atoms with van der Waals surface area (Å²) in [7, 11) is 0. The van der Waals surface area contributed by atoms with Gasteiger partial charge in [0.2, 0.25) is 5.91 Å². The molecule has 7 heteroatoms. The van der Waals surface area contributed by atoms with Crippen molar-refractivity contribution < 1.29 is 14.0 Å². The Balaban J connectivity index is 1.35. The van der Waals surface area contributed by atoms with E-state index in [2.05, 4.69) is 20.8 Å². The first-order valence-electron chi connectivity index (χ1n) is 8.96. The van der Waals surface area contributed by atoms with Crippen LogP contribution in [-0.2, 0) is 11.3 Å². The zero-order valence-corrected chi connectivity index (χ0v) is 14.7. The highest BCUT2D eigenvalue weighted by molar-refractivity contribution is 5.94. The summed E-state index contributed by atoms with van der Waals surface area (Å²) in [6.07, 6.45) is 4.61. The highest BCUT2D eigenvalue weighted by Crippen LogP contribution is 2.27. The Kier molecular flexibility index (Phi) is 4.74. The Morgan fingerprint density at radius 3 is 2.81 bits per heavy atom. The van der Waals surface area contributed by atoms with Gasteiger partial charge in [0, 0.05) is 24.2 Å². The predicted octanol–water partition coefficient (Wildman–Crippen LogP) is 3.34. The molecule has 0 radical (unpaired) electrons. The fraction of sp³-hybridized carbons (Fsp3) is 0.250. The fourth-order valence-corrected chi connectivity index (χ4v) is 2.94. The number of aromatic nitrogens is 2. The Morgan fingerprint density at radius 2 is 2.07 bits per heavy atom. The molecule has 138 valence electrons. The summed E-state index contributed by atoms with van der Waals surface area (Å²) in [4.78, 5) is 24.4. The van der Waals surface area contributed by atoms with E-state index in [1.807, 2.05) is 24.3 Å². The van der Waals surface area contributed by atoms with E-state index < -0.39 is 0 Å². The second-order valence-electron chi connectivity index (χ2n) is 6.64. The summed E-state index contributed by atoms with van der Waals surface area (Å²) in [5.74, 6) is 0.546. The van der Waals surface area contributed by atoms with Crippen molar-refractivity contribution in [1.29, 1.82) is 0 Å². The van der Waals surface area contributed by atoms with Crippen molar-refractivity contribution in [2.75, 3.05) is 5.32 Å². The number of aromatic amines is 1. The highest BCUT2D eigenvalue weighted by Gasteiger charge is 2.25. The van der Waals surface area contributed by atoms with Gasteiger partial charge in [0.1, 0.15) is 5.69 Å². The van der Waals surface area contributed by atoms with Crippen molar-refractivity contribution in [1.82, 2.24) is 15.5 Å². The van der Waals surface area contributed by atoms with E-state index in [4.69, 9.17) is 4.42 Å². The van der Waals surface area contributed by atoms with Crippen molar-refractivity contribution in [2.24, 2.45) is 5.92 Å². The SMILES string of the molecule is O=C(NCc1cccc(NC(=O)C2CCC2)c1)c1cc(-c2ccco2)[nH]n1. The number of carbonyl (C=O) groups is 2. The van der Waals surface area contributed by atoms with Crippen LogP contribution < -0.4 is 10.6 Å².